The minimum absolute atomic E-state index is 0.139. The first kappa shape index (κ1) is 8.94. The molecule has 2 unspecified atom stereocenters. The first-order valence-electron chi connectivity index (χ1n) is 4.73. The Hall–Kier alpha value is -0.640. The second-order valence-electron chi connectivity index (χ2n) is 4.11. The Morgan fingerprint density at radius 3 is 2.54 bits per heavy atom. The molecule has 72 valence electrons. The minimum Gasteiger partial charge on any atom is -0.392 e. The normalized spacial score (nSPS) is 35.2. The van der Waals surface area contributed by atoms with Gasteiger partial charge in [-0.25, -0.2) is 0 Å². The van der Waals surface area contributed by atoms with Gasteiger partial charge in [0.1, 0.15) is 0 Å². The number of carbonyl (C=O) groups excluding carboxylic acids is 1. The van der Waals surface area contributed by atoms with Gasteiger partial charge in [0, 0.05) is 5.92 Å². The number of carbonyl (C=O) groups is 1. The molecule has 2 rings (SSSR count). The fourth-order valence-electron chi connectivity index (χ4n) is 2.25. The summed E-state index contributed by atoms with van der Waals surface area (Å²) < 4.78 is 0. The van der Waals surface area contributed by atoms with Crippen molar-refractivity contribution in [3.63, 3.8) is 0 Å². The maximum atomic E-state index is 11.5. The molecule has 2 aliphatic rings. The molecule has 4 heteroatoms. The van der Waals surface area contributed by atoms with Crippen LogP contribution in [-0.2, 0) is 4.79 Å². The van der Waals surface area contributed by atoms with Crippen molar-refractivity contribution in [1.82, 2.24) is 5.32 Å². The third-order valence-corrected chi connectivity index (χ3v) is 3.20. The SMILES string of the molecule is NC(=S)CNC(=O)C1CC2CC2C1. The maximum absolute atomic E-state index is 11.5. The Kier molecular flexibility index (Phi) is 2.24. The smallest absolute Gasteiger partial charge is 0.223 e. The third kappa shape index (κ3) is 1.99. The van der Waals surface area contributed by atoms with Crippen molar-refractivity contribution in [2.24, 2.45) is 23.5 Å². The highest BCUT2D eigenvalue weighted by atomic mass is 32.1. The van der Waals surface area contributed by atoms with E-state index in [1.807, 2.05) is 0 Å². The number of hydrogen-bond acceptors (Lipinski definition) is 2. The van der Waals surface area contributed by atoms with E-state index in [2.05, 4.69) is 17.5 Å². The number of nitrogens with two attached hydrogens (primary N) is 1. The van der Waals surface area contributed by atoms with Gasteiger partial charge in [-0.1, -0.05) is 12.2 Å². The highest BCUT2D eigenvalue weighted by Crippen LogP contribution is 2.54. The van der Waals surface area contributed by atoms with E-state index in [1.54, 1.807) is 0 Å². The average molecular weight is 198 g/mol. The van der Waals surface area contributed by atoms with Crippen LogP contribution in [0.15, 0.2) is 0 Å². The second kappa shape index (κ2) is 3.25. The van der Waals surface area contributed by atoms with Crippen molar-refractivity contribution in [2.45, 2.75) is 19.3 Å². The fraction of sp³-hybridized carbons (Fsp3) is 0.778. The predicted molar refractivity (Wildman–Crippen MR) is 54.1 cm³/mol. The molecule has 3 N–H and O–H groups in total. The lowest BCUT2D eigenvalue weighted by Crippen LogP contribution is -2.36. The first-order valence-corrected chi connectivity index (χ1v) is 5.13. The predicted octanol–water partition coefficient (Wildman–Crippen LogP) is 0.435. The summed E-state index contributed by atoms with van der Waals surface area (Å²) in [5.74, 6) is 2.07. The van der Waals surface area contributed by atoms with E-state index in [0.29, 0.717) is 11.5 Å². The molecular weight excluding hydrogens is 184 g/mol. The van der Waals surface area contributed by atoms with Gasteiger partial charge in [0.25, 0.3) is 0 Å². The highest BCUT2D eigenvalue weighted by molar-refractivity contribution is 7.80. The molecule has 0 bridgehead atoms. The van der Waals surface area contributed by atoms with Crippen LogP contribution in [0.3, 0.4) is 0 Å². The Balaban J connectivity index is 1.74. The van der Waals surface area contributed by atoms with E-state index in [1.165, 1.54) is 6.42 Å². The molecule has 2 saturated carbocycles. The lowest BCUT2D eigenvalue weighted by atomic mass is 10.0. The van der Waals surface area contributed by atoms with Gasteiger partial charge < -0.3 is 11.1 Å². The number of hydrogen-bond donors (Lipinski definition) is 2. The van der Waals surface area contributed by atoms with Crippen molar-refractivity contribution in [1.29, 1.82) is 0 Å². The third-order valence-electron chi connectivity index (χ3n) is 3.05. The van der Waals surface area contributed by atoms with Crippen LogP contribution in [0.25, 0.3) is 0 Å². The molecule has 0 aromatic heterocycles. The van der Waals surface area contributed by atoms with Crippen LogP contribution >= 0.6 is 12.2 Å². The summed E-state index contributed by atoms with van der Waals surface area (Å²) in [5.41, 5.74) is 5.29. The fourth-order valence-corrected chi connectivity index (χ4v) is 2.32. The molecule has 0 aromatic carbocycles. The van der Waals surface area contributed by atoms with Crippen LogP contribution in [-0.4, -0.2) is 17.4 Å². The summed E-state index contributed by atoms with van der Waals surface area (Å²) >= 11 is 4.68. The quantitative estimate of drug-likeness (QED) is 0.647. The molecule has 0 radical (unpaired) electrons. The number of nitrogens with one attached hydrogen (secondary N) is 1. The molecule has 0 aliphatic heterocycles. The van der Waals surface area contributed by atoms with E-state index in [9.17, 15) is 4.79 Å². The molecular formula is C9H14N2OS. The average Bonchev–Trinajstić information content (AvgIpc) is 2.69. The van der Waals surface area contributed by atoms with Gasteiger partial charge in [0.2, 0.25) is 5.91 Å². The van der Waals surface area contributed by atoms with Crippen LogP contribution in [0, 0.1) is 17.8 Å². The summed E-state index contributed by atoms with van der Waals surface area (Å²) in [6.45, 7) is 0.347. The number of fused-ring (bicyclic) bond motifs is 1. The number of rotatable bonds is 3. The minimum atomic E-state index is 0.139. The van der Waals surface area contributed by atoms with E-state index in [0.717, 1.165) is 24.7 Å². The number of amides is 1. The standard InChI is InChI=1S/C9H14N2OS/c10-8(13)4-11-9(12)7-2-5-1-6(5)3-7/h5-7H,1-4H2,(H2,10,13)(H,11,12). The molecule has 0 heterocycles. The van der Waals surface area contributed by atoms with E-state index in [4.69, 9.17) is 5.73 Å². The Labute approximate surface area is 83.1 Å². The zero-order valence-electron chi connectivity index (χ0n) is 7.45. The van der Waals surface area contributed by atoms with E-state index < -0.39 is 0 Å². The van der Waals surface area contributed by atoms with Gasteiger partial charge in [-0.2, -0.15) is 0 Å². The van der Waals surface area contributed by atoms with Gasteiger partial charge in [-0.05, 0) is 31.1 Å². The van der Waals surface area contributed by atoms with Crippen molar-refractivity contribution >= 4 is 23.1 Å². The molecule has 2 aliphatic carbocycles. The highest BCUT2D eigenvalue weighted by Gasteiger charge is 2.47. The van der Waals surface area contributed by atoms with Crippen LogP contribution < -0.4 is 11.1 Å². The summed E-state index contributed by atoms with van der Waals surface area (Å²) in [7, 11) is 0. The lowest BCUT2D eigenvalue weighted by Gasteiger charge is -2.11. The monoisotopic (exact) mass is 198 g/mol. The Morgan fingerprint density at radius 1 is 1.38 bits per heavy atom. The zero-order chi connectivity index (χ0) is 9.42. The Morgan fingerprint density at radius 2 is 2.00 bits per heavy atom. The summed E-state index contributed by atoms with van der Waals surface area (Å²) in [6.07, 6.45) is 3.50. The molecule has 0 spiro atoms. The lowest BCUT2D eigenvalue weighted by molar-refractivity contribution is -0.124. The van der Waals surface area contributed by atoms with Crippen molar-refractivity contribution in [3.8, 4) is 0 Å². The van der Waals surface area contributed by atoms with Crippen molar-refractivity contribution < 1.29 is 4.79 Å². The van der Waals surface area contributed by atoms with Crippen LogP contribution in [0.1, 0.15) is 19.3 Å². The van der Waals surface area contributed by atoms with Crippen molar-refractivity contribution in [3.05, 3.63) is 0 Å². The van der Waals surface area contributed by atoms with Crippen LogP contribution in [0.5, 0.6) is 0 Å². The Bertz CT molecular complexity index is 244. The second-order valence-corrected chi connectivity index (χ2v) is 4.63. The summed E-state index contributed by atoms with van der Waals surface area (Å²) in [5, 5.41) is 2.76. The van der Waals surface area contributed by atoms with Crippen LogP contribution in [0.2, 0.25) is 0 Å². The first-order chi connectivity index (χ1) is 6.16. The molecule has 2 atom stereocenters. The number of thiocarbonyl (C=S) groups is 1. The van der Waals surface area contributed by atoms with Crippen molar-refractivity contribution in [2.75, 3.05) is 6.54 Å². The summed E-state index contributed by atoms with van der Waals surface area (Å²) in [6, 6.07) is 0. The van der Waals surface area contributed by atoms with Gasteiger partial charge in [-0.15, -0.1) is 0 Å². The van der Waals surface area contributed by atoms with Gasteiger partial charge in [-0.3, -0.25) is 4.79 Å². The molecule has 3 nitrogen and oxygen atoms in total. The summed E-state index contributed by atoms with van der Waals surface area (Å²) in [4.78, 5) is 11.8. The largest absolute Gasteiger partial charge is 0.392 e. The topological polar surface area (TPSA) is 55.1 Å². The molecule has 0 aromatic rings. The molecule has 13 heavy (non-hydrogen) atoms. The van der Waals surface area contributed by atoms with E-state index >= 15 is 0 Å². The van der Waals surface area contributed by atoms with Crippen LogP contribution in [0.4, 0.5) is 0 Å². The van der Waals surface area contributed by atoms with Gasteiger partial charge >= 0.3 is 0 Å². The van der Waals surface area contributed by atoms with Gasteiger partial charge in [0.15, 0.2) is 0 Å². The van der Waals surface area contributed by atoms with Gasteiger partial charge in [0.05, 0.1) is 11.5 Å². The van der Waals surface area contributed by atoms with E-state index in [-0.39, 0.29) is 11.8 Å². The molecule has 0 saturated heterocycles. The molecule has 2 fully saturated rings. The molecule has 1 amide bonds. The zero-order valence-corrected chi connectivity index (χ0v) is 8.27. The maximum Gasteiger partial charge on any atom is 0.223 e.